The van der Waals surface area contributed by atoms with Crippen molar-refractivity contribution in [2.45, 2.75) is 25.7 Å². The van der Waals surface area contributed by atoms with Gasteiger partial charge in [0.15, 0.2) is 0 Å². The van der Waals surface area contributed by atoms with Gasteiger partial charge in [0, 0.05) is 36.7 Å². The second-order valence-electron chi connectivity index (χ2n) is 7.37. The van der Waals surface area contributed by atoms with Crippen molar-refractivity contribution in [1.29, 1.82) is 0 Å². The zero-order valence-electron chi connectivity index (χ0n) is 14.6. The van der Waals surface area contributed by atoms with Crippen molar-refractivity contribution in [3.05, 3.63) is 35.2 Å². The van der Waals surface area contributed by atoms with Crippen molar-refractivity contribution in [1.82, 2.24) is 4.90 Å². The molecule has 0 saturated carbocycles. The molecule has 1 aromatic heterocycles. The highest BCUT2D eigenvalue weighted by Crippen LogP contribution is 2.42. The Balaban J connectivity index is 1.36. The molecular formula is C20H23NO4S. The summed E-state index contributed by atoms with van der Waals surface area (Å²) in [7, 11) is 0. The van der Waals surface area contributed by atoms with Gasteiger partial charge in [-0.25, -0.2) is 0 Å². The number of benzene rings is 1. The van der Waals surface area contributed by atoms with Crippen LogP contribution in [0.15, 0.2) is 29.6 Å². The Kier molecular flexibility index (Phi) is 4.71. The molecule has 2 aliphatic rings. The van der Waals surface area contributed by atoms with E-state index in [-0.39, 0.29) is 11.8 Å². The number of hydrogen-bond donors (Lipinski definition) is 1. The molecule has 2 aliphatic heterocycles. The van der Waals surface area contributed by atoms with Crippen molar-refractivity contribution in [3.63, 3.8) is 0 Å². The summed E-state index contributed by atoms with van der Waals surface area (Å²) in [6.07, 6.45) is 2.63. The molecule has 26 heavy (non-hydrogen) atoms. The van der Waals surface area contributed by atoms with E-state index in [2.05, 4.69) is 17.5 Å². The molecule has 0 aliphatic carbocycles. The van der Waals surface area contributed by atoms with E-state index in [4.69, 9.17) is 4.74 Å². The number of rotatable bonds is 5. The number of fused-ring (bicyclic) bond motifs is 2. The first-order chi connectivity index (χ1) is 12.6. The molecule has 1 amide bonds. The highest BCUT2D eigenvalue weighted by atomic mass is 32.1. The number of thiophene rings is 1. The first-order valence-corrected chi connectivity index (χ1v) is 10.0. The average Bonchev–Trinajstić information content (AvgIpc) is 3.24. The van der Waals surface area contributed by atoms with Crippen LogP contribution in [-0.4, -0.2) is 48.2 Å². The molecule has 2 fully saturated rings. The number of aryl methyl sites for hydroxylation is 1. The Morgan fingerprint density at radius 1 is 1.35 bits per heavy atom. The van der Waals surface area contributed by atoms with E-state index in [9.17, 15) is 14.7 Å². The average molecular weight is 373 g/mol. The summed E-state index contributed by atoms with van der Waals surface area (Å²) in [6.45, 7) is 1.75. The van der Waals surface area contributed by atoms with Crippen LogP contribution in [-0.2, 0) is 20.7 Å². The van der Waals surface area contributed by atoms with Crippen molar-refractivity contribution < 1.29 is 19.4 Å². The maximum atomic E-state index is 12.6. The molecule has 1 N–H and O–H groups in total. The Labute approximate surface area is 156 Å². The fourth-order valence-electron chi connectivity index (χ4n) is 4.30. The zero-order chi connectivity index (χ0) is 18.1. The highest BCUT2D eigenvalue weighted by molar-refractivity contribution is 7.17. The standard InChI is InChI=1S/C20H23NO4S/c22-18(7-3-4-14-12-26-17-6-2-1-5-16(14)17)21-10-15-11-25-9-8-20(15,13-21)19(23)24/h1-2,5-6,12,15H,3-4,7-11,13H2,(H,23,24)/t15-,20+/m0/s1. The van der Waals surface area contributed by atoms with Gasteiger partial charge in [-0.1, -0.05) is 18.2 Å². The third-order valence-electron chi connectivity index (χ3n) is 5.88. The largest absolute Gasteiger partial charge is 0.481 e. The summed E-state index contributed by atoms with van der Waals surface area (Å²) < 4.78 is 6.74. The molecule has 0 spiro atoms. The minimum atomic E-state index is -0.808. The van der Waals surface area contributed by atoms with Crippen LogP contribution in [0.5, 0.6) is 0 Å². The minimum Gasteiger partial charge on any atom is -0.481 e. The number of amides is 1. The van der Waals surface area contributed by atoms with Crippen LogP contribution < -0.4 is 0 Å². The number of ether oxygens (including phenoxy) is 1. The van der Waals surface area contributed by atoms with Gasteiger partial charge in [0.2, 0.25) is 5.91 Å². The van der Waals surface area contributed by atoms with Gasteiger partial charge in [-0.15, -0.1) is 11.3 Å². The van der Waals surface area contributed by atoms with Crippen LogP contribution in [0, 0.1) is 11.3 Å². The van der Waals surface area contributed by atoms with E-state index in [0.29, 0.717) is 39.1 Å². The van der Waals surface area contributed by atoms with Gasteiger partial charge in [-0.05, 0) is 41.7 Å². The molecule has 4 rings (SSSR count). The molecule has 2 aromatic rings. The molecule has 2 saturated heterocycles. The predicted octanol–water partition coefficient (Wildman–Crippen LogP) is 3.17. The monoisotopic (exact) mass is 373 g/mol. The van der Waals surface area contributed by atoms with E-state index in [1.807, 2.05) is 12.1 Å². The Hall–Kier alpha value is -1.92. The van der Waals surface area contributed by atoms with Crippen LogP contribution in [0.1, 0.15) is 24.8 Å². The van der Waals surface area contributed by atoms with Crippen molar-refractivity contribution in [3.8, 4) is 0 Å². The van der Waals surface area contributed by atoms with Gasteiger partial charge < -0.3 is 14.7 Å². The lowest BCUT2D eigenvalue weighted by atomic mass is 9.74. The zero-order valence-corrected chi connectivity index (χ0v) is 15.5. The van der Waals surface area contributed by atoms with Gasteiger partial charge in [0.25, 0.3) is 0 Å². The molecule has 0 bridgehead atoms. The third kappa shape index (κ3) is 3.01. The molecule has 5 nitrogen and oxygen atoms in total. The van der Waals surface area contributed by atoms with Crippen LogP contribution in [0.25, 0.3) is 10.1 Å². The third-order valence-corrected chi connectivity index (χ3v) is 6.90. The number of nitrogens with zero attached hydrogens (tertiary/aromatic N) is 1. The van der Waals surface area contributed by atoms with Crippen LogP contribution >= 0.6 is 11.3 Å². The van der Waals surface area contributed by atoms with Gasteiger partial charge >= 0.3 is 5.97 Å². The Bertz CT molecular complexity index is 832. The minimum absolute atomic E-state index is 0.0690. The number of hydrogen-bond acceptors (Lipinski definition) is 4. The lowest BCUT2D eigenvalue weighted by Crippen LogP contribution is -2.45. The predicted molar refractivity (Wildman–Crippen MR) is 100 cm³/mol. The number of carboxylic acids is 1. The van der Waals surface area contributed by atoms with Crippen LogP contribution in [0.3, 0.4) is 0 Å². The quantitative estimate of drug-likeness (QED) is 0.874. The molecule has 6 heteroatoms. The fourth-order valence-corrected chi connectivity index (χ4v) is 5.30. The summed E-state index contributed by atoms with van der Waals surface area (Å²) >= 11 is 1.74. The van der Waals surface area contributed by atoms with Crippen molar-refractivity contribution in [2.75, 3.05) is 26.3 Å². The summed E-state index contributed by atoms with van der Waals surface area (Å²) in [5.74, 6) is -0.802. The van der Waals surface area contributed by atoms with Crippen molar-refractivity contribution >= 4 is 33.3 Å². The van der Waals surface area contributed by atoms with Gasteiger partial charge in [0.1, 0.15) is 0 Å². The SMILES string of the molecule is O=C(CCCc1csc2ccccc12)N1C[C@H]2COCC[C@@]2(C(=O)O)C1. The van der Waals surface area contributed by atoms with E-state index >= 15 is 0 Å². The van der Waals surface area contributed by atoms with E-state index in [1.165, 1.54) is 15.6 Å². The number of carboxylic acid groups (broad SMARTS) is 1. The van der Waals surface area contributed by atoms with Gasteiger partial charge in [-0.2, -0.15) is 0 Å². The summed E-state index contributed by atoms with van der Waals surface area (Å²) in [6, 6.07) is 8.34. The van der Waals surface area contributed by atoms with Gasteiger partial charge in [0.05, 0.1) is 12.0 Å². The normalized spacial score (nSPS) is 25.4. The van der Waals surface area contributed by atoms with Crippen molar-refractivity contribution in [2.24, 2.45) is 11.3 Å². The molecule has 1 aromatic carbocycles. The first kappa shape index (κ1) is 17.5. The molecule has 2 atom stereocenters. The van der Waals surface area contributed by atoms with E-state index in [0.717, 1.165) is 12.8 Å². The summed E-state index contributed by atoms with van der Waals surface area (Å²) in [5, 5.41) is 13.2. The summed E-state index contributed by atoms with van der Waals surface area (Å²) in [5.41, 5.74) is 0.487. The van der Waals surface area contributed by atoms with Crippen LogP contribution in [0.2, 0.25) is 0 Å². The lowest BCUT2D eigenvalue weighted by Gasteiger charge is -2.33. The summed E-state index contributed by atoms with van der Waals surface area (Å²) in [4.78, 5) is 26.2. The highest BCUT2D eigenvalue weighted by Gasteiger charge is 2.54. The number of carbonyl (C=O) groups excluding carboxylic acids is 1. The maximum absolute atomic E-state index is 12.6. The van der Waals surface area contributed by atoms with E-state index in [1.54, 1.807) is 16.2 Å². The maximum Gasteiger partial charge on any atom is 0.311 e. The molecule has 0 unspecified atom stereocenters. The number of aliphatic carboxylic acids is 1. The smallest absolute Gasteiger partial charge is 0.311 e. The lowest BCUT2D eigenvalue weighted by molar-refractivity contribution is -0.157. The molecular weight excluding hydrogens is 350 g/mol. The fraction of sp³-hybridized carbons (Fsp3) is 0.500. The molecule has 138 valence electrons. The molecule has 3 heterocycles. The Morgan fingerprint density at radius 3 is 3.00 bits per heavy atom. The van der Waals surface area contributed by atoms with E-state index < -0.39 is 11.4 Å². The second-order valence-corrected chi connectivity index (χ2v) is 8.28. The molecule has 0 radical (unpaired) electrons. The second kappa shape index (κ2) is 7.00. The van der Waals surface area contributed by atoms with Crippen LogP contribution in [0.4, 0.5) is 0 Å². The topological polar surface area (TPSA) is 66.8 Å². The number of likely N-dealkylation sites (tertiary alicyclic amines) is 1. The first-order valence-electron chi connectivity index (χ1n) is 9.14. The Morgan fingerprint density at radius 2 is 2.19 bits per heavy atom. The van der Waals surface area contributed by atoms with Gasteiger partial charge in [-0.3, -0.25) is 9.59 Å². The number of carbonyl (C=O) groups is 2.